The minimum atomic E-state index is -0.419. The van der Waals surface area contributed by atoms with Gasteiger partial charge in [0.2, 0.25) is 0 Å². The molecule has 0 radical (unpaired) electrons. The maximum absolute atomic E-state index is 12.0. The summed E-state index contributed by atoms with van der Waals surface area (Å²) in [7, 11) is 0. The van der Waals surface area contributed by atoms with Crippen molar-refractivity contribution in [3.8, 4) is 11.5 Å². The largest absolute Gasteiger partial charge is 0.508 e. The minimum Gasteiger partial charge on any atom is -0.508 e. The number of benzene rings is 2. The first-order valence-corrected chi connectivity index (χ1v) is 6.11. The average Bonchev–Trinajstić information content (AvgIpc) is 2.37. The molecule has 0 saturated heterocycles. The first-order valence-electron chi connectivity index (χ1n) is 5.58. The number of hydrogen-bond donors (Lipinski definition) is 3. The minimum absolute atomic E-state index is 0.167. The molecule has 0 aromatic heterocycles. The highest BCUT2D eigenvalue weighted by Gasteiger charge is 2.09. The van der Waals surface area contributed by atoms with Crippen LogP contribution in [-0.4, -0.2) is 16.1 Å². The Morgan fingerprint density at radius 1 is 1.11 bits per heavy atom. The lowest BCUT2D eigenvalue weighted by Crippen LogP contribution is -2.11. The maximum atomic E-state index is 12.0. The van der Waals surface area contributed by atoms with Crippen LogP contribution in [-0.2, 0) is 5.88 Å². The predicted octanol–water partition coefficient (Wildman–Crippen LogP) is 3.09. The van der Waals surface area contributed by atoms with Crippen molar-refractivity contribution in [2.24, 2.45) is 0 Å². The molecule has 1 amide bonds. The van der Waals surface area contributed by atoms with E-state index >= 15 is 0 Å². The van der Waals surface area contributed by atoms with Gasteiger partial charge in [-0.2, -0.15) is 0 Å². The van der Waals surface area contributed by atoms with E-state index in [1.807, 2.05) is 6.07 Å². The van der Waals surface area contributed by atoms with Gasteiger partial charge in [-0.15, -0.1) is 11.6 Å². The number of carbonyl (C=O) groups excluding carboxylic acids is 1. The van der Waals surface area contributed by atoms with Crippen molar-refractivity contribution >= 4 is 23.2 Å². The van der Waals surface area contributed by atoms with Gasteiger partial charge in [-0.25, -0.2) is 0 Å². The van der Waals surface area contributed by atoms with Gasteiger partial charge in [0, 0.05) is 23.2 Å². The Morgan fingerprint density at radius 2 is 1.79 bits per heavy atom. The zero-order valence-electron chi connectivity index (χ0n) is 9.93. The summed E-state index contributed by atoms with van der Waals surface area (Å²) in [5.41, 5.74) is 1.66. The molecule has 0 bridgehead atoms. The molecular formula is C14H12ClNO3. The Hall–Kier alpha value is -2.20. The summed E-state index contributed by atoms with van der Waals surface area (Å²) < 4.78 is 0. The molecule has 4 nitrogen and oxygen atoms in total. The second-order valence-electron chi connectivity index (χ2n) is 4.03. The van der Waals surface area contributed by atoms with Gasteiger partial charge in [0.15, 0.2) is 0 Å². The smallest absolute Gasteiger partial charge is 0.255 e. The van der Waals surface area contributed by atoms with E-state index < -0.39 is 5.91 Å². The summed E-state index contributed by atoms with van der Waals surface area (Å²) in [6.07, 6.45) is 0. The Bertz CT molecular complexity index is 593. The first kappa shape index (κ1) is 13.2. The van der Waals surface area contributed by atoms with Gasteiger partial charge >= 0.3 is 0 Å². The van der Waals surface area contributed by atoms with Crippen LogP contribution in [0.3, 0.4) is 0 Å². The molecule has 0 saturated carbocycles. The SMILES string of the molecule is O=C(Nc1cccc(CCl)c1)c1cc(O)cc(O)c1. The molecule has 19 heavy (non-hydrogen) atoms. The molecule has 2 aromatic carbocycles. The number of aromatic hydroxyl groups is 2. The number of amides is 1. The molecule has 0 fully saturated rings. The summed E-state index contributed by atoms with van der Waals surface area (Å²) in [5, 5.41) is 21.3. The van der Waals surface area contributed by atoms with Crippen molar-refractivity contribution in [1.29, 1.82) is 0 Å². The fraction of sp³-hybridized carbons (Fsp3) is 0.0714. The van der Waals surface area contributed by atoms with E-state index in [2.05, 4.69) is 5.32 Å². The monoisotopic (exact) mass is 277 g/mol. The van der Waals surface area contributed by atoms with Crippen LogP contribution in [0.15, 0.2) is 42.5 Å². The van der Waals surface area contributed by atoms with Gasteiger partial charge in [-0.1, -0.05) is 12.1 Å². The molecular weight excluding hydrogens is 266 g/mol. The third-order valence-corrected chi connectivity index (χ3v) is 2.81. The van der Waals surface area contributed by atoms with Crippen molar-refractivity contribution in [1.82, 2.24) is 0 Å². The summed E-state index contributed by atoms with van der Waals surface area (Å²) in [6, 6.07) is 10.8. The normalized spacial score (nSPS) is 10.2. The highest BCUT2D eigenvalue weighted by Crippen LogP contribution is 2.21. The molecule has 0 unspecified atom stereocenters. The summed E-state index contributed by atoms with van der Waals surface area (Å²) in [6.45, 7) is 0. The van der Waals surface area contributed by atoms with E-state index in [0.29, 0.717) is 11.6 Å². The van der Waals surface area contributed by atoms with Crippen molar-refractivity contribution < 1.29 is 15.0 Å². The molecule has 3 N–H and O–H groups in total. The lowest BCUT2D eigenvalue weighted by Gasteiger charge is -2.07. The standard InChI is InChI=1S/C14H12ClNO3/c15-8-9-2-1-3-11(4-9)16-14(19)10-5-12(17)7-13(18)6-10/h1-7,17-18H,8H2,(H,16,19). The van der Waals surface area contributed by atoms with Crippen LogP contribution >= 0.6 is 11.6 Å². The summed E-state index contributed by atoms with van der Waals surface area (Å²) in [4.78, 5) is 12.0. The maximum Gasteiger partial charge on any atom is 0.255 e. The molecule has 0 spiro atoms. The zero-order chi connectivity index (χ0) is 13.8. The topological polar surface area (TPSA) is 69.6 Å². The number of phenolic OH excluding ortho intramolecular Hbond substituents is 2. The second-order valence-corrected chi connectivity index (χ2v) is 4.29. The van der Waals surface area contributed by atoms with Crippen molar-refractivity contribution in [2.75, 3.05) is 5.32 Å². The van der Waals surface area contributed by atoms with E-state index in [4.69, 9.17) is 11.6 Å². The van der Waals surface area contributed by atoms with Gasteiger partial charge in [0.05, 0.1) is 0 Å². The van der Waals surface area contributed by atoms with E-state index in [9.17, 15) is 15.0 Å². The van der Waals surface area contributed by atoms with Gasteiger partial charge in [-0.3, -0.25) is 4.79 Å². The molecule has 2 aromatic rings. The predicted molar refractivity (Wildman–Crippen MR) is 73.7 cm³/mol. The molecule has 0 aliphatic carbocycles. The van der Waals surface area contributed by atoms with Crippen LogP contribution in [0.4, 0.5) is 5.69 Å². The number of carbonyl (C=O) groups is 1. The van der Waals surface area contributed by atoms with Crippen molar-refractivity contribution in [2.45, 2.75) is 5.88 Å². The molecule has 2 rings (SSSR count). The van der Waals surface area contributed by atoms with Crippen LogP contribution < -0.4 is 5.32 Å². The van der Waals surface area contributed by atoms with Crippen LogP contribution in [0.2, 0.25) is 0 Å². The molecule has 0 atom stereocenters. The van der Waals surface area contributed by atoms with E-state index in [-0.39, 0.29) is 17.1 Å². The number of anilines is 1. The average molecular weight is 278 g/mol. The Labute approximate surface area is 115 Å². The molecule has 0 aliphatic rings. The fourth-order valence-electron chi connectivity index (χ4n) is 1.66. The van der Waals surface area contributed by atoms with Crippen LogP contribution in [0.25, 0.3) is 0 Å². The quantitative estimate of drug-likeness (QED) is 0.755. The van der Waals surface area contributed by atoms with E-state index in [1.54, 1.807) is 18.2 Å². The van der Waals surface area contributed by atoms with Gasteiger partial charge in [0.25, 0.3) is 5.91 Å². The molecule has 5 heteroatoms. The lowest BCUT2D eigenvalue weighted by atomic mass is 10.1. The van der Waals surface area contributed by atoms with E-state index in [0.717, 1.165) is 11.6 Å². The summed E-state index contributed by atoms with van der Waals surface area (Å²) in [5.74, 6) is -0.395. The first-order chi connectivity index (χ1) is 9.08. The Morgan fingerprint density at radius 3 is 2.42 bits per heavy atom. The molecule has 0 aliphatic heterocycles. The third-order valence-electron chi connectivity index (χ3n) is 2.50. The fourth-order valence-corrected chi connectivity index (χ4v) is 1.83. The second kappa shape index (κ2) is 5.63. The van der Waals surface area contributed by atoms with Gasteiger partial charge in [0.1, 0.15) is 11.5 Å². The van der Waals surface area contributed by atoms with Crippen LogP contribution in [0, 0.1) is 0 Å². The van der Waals surface area contributed by atoms with Crippen LogP contribution in [0.5, 0.6) is 11.5 Å². The third kappa shape index (κ3) is 3.39. The highest BCUT2D eigenvalue weighted by atomic mass is 35.5. The zero-order valence-corrected chi connectivity index (χ0v) is 10.7. The number of hydrogen-bond acceptors (Lipinski definition) is 3. The lowest BCUT2D eigenvalue weighted by molar-refractivity contribution is 0.102. The molecule has 0 heterocycles. The van der Waals surface area contributed by atoms with E-state index in [1.165, 1.54) is 12.1 Å². The number of halogens is 1. The number of alkyl halides is 1. The summed E-state index contributed by atoms with van der Waals surface area (Å²) >= 11 is 5.72. The number of nitrogens with one attached hydrogen (secondary N) is 1. The number of rotatable bonds is 3. The van der Waals surface area contributed by atoms with Crippen molar-refractivity contribution in [3.05, 3.63) is 53.6 Å². The van der Waals surface area contributed by atoms with Gasteiger partial charge < -0.3 is 15.5 Å². The van der Waals surface area contributed by atoms with Crippen LogP contribution in [0.1, 0.15) is 15.9 Å². The Kier molecular flexibility index (Phi) is 3.92. The van der Waals surface area contributed by atoms with Gasteiger partial charge in [-0.05, 0) is 29.8 Å². The Balaban J connectivity index is 2.20. The highest BCUT2D eigenvalue weighted by molar-refractivity contribution is 6.17. The van der Waals surface area contributed by atoms with Crippen molar-refractivity contribution in [3.63, 3.8) is 0 Å². The molecule has 98 valence electrons. The number of phenols is 2.